The largest absolute Gasteiger partial charge is 0.481 e. The Morgan fingerprint density at radius 3 is 1.74 bits per heavy atom. The molecular formula is C17H28O2. The Bertz CT molecular complexity index is 361. The van der Waals surface area contributed by atoms with Crippen LogP contribution in [0.15, 0.2) is 24.3 Å². The molecule has 0 radical (unpaired) electrons. The van der Waals surface area contributed by atoms with Gasteiger partial charge >= 0.3 is 5.97 Å². The maximum atomic E-state index is 10.8. The van der Waals surface area contributed by atoms with E-state index in [1.807, 2.05) is 24.3 Å². The van der Waals surface area contributed by atoms with E-state index in [9.17, 15) is 4.79 Å². The molecule has 2 nitrogen and oxygen atoms in total. The van der Waals surface area contributed by atoms with Crippen LogP contribution in [0.3, 0.4) is 0 Å². The summed E-state index contributed by atoms with van der Waals surface area (Å²) in [4.78, 5) is 10.8. The van der Waals surface area contributed by atoms with E-state index in [0.29, 0.717) is 5.92 Å². The minimum Gasteiger partial charge on any atom is -0.481 e. The smallest absolute Gasteiger partial charge is 0.310 e. The fourth-order valence-electron chi connectivity index (χ4n) is 1.56. The molecule has 0 spiro atoms. The Kier molecular flexibility index (Phi) is 8.13. The Hall–Kier alpha value is -1.31. The predicted octanol–water partition coefficient (Wildman–Crippen LogP) is 4.74. The van der Waals surface area contributed by atoms with Crippen LogP contribution in [0.2, 0.25) is 0 Å². The van der Waals surface area contributed by atoms with Gasteiger partial charge in [0.15, 0.2) is 0 Å². The van der Waals surface area contributed by atoms with Crippen molar-refractivity contribution in [3.8, 4) is 0 Å². The minimum absolute atomic E-state index is 0.418. The average molecular weight is 264 g/mol. The third-order valence-corrected chi connectivity index (χ3v) is 2.49. The molecule has 0 aromatic heterocycles. The van der Waals surface area contributed by atoms with Crippen LogP contribution in [-0.4, -0.2) is 11.1 Å². The first kappa shape index (κ1) is 17.7. The number of carboxylic acids is 1. The first-order valence-electron chi connectivity index (χ1n) is 7.05. The summed E-state index contributed by atoms with van der Waals surface area (Å²) in [6.45, 7) is 12.6. The molecule has 0 saturated carbocycles. The van der Waals surface area contributed by atoms with Gasteiger partial charge in [-0.2, -0.15) is 0 Å². The van der Waals surface area contributed by atoms with Crippen molar-refractivity contribution in [3.05, 3.63) is 35.4 Å². The Morgan fingerprint density at radius 2 is 1.42 bits per heavy atom. The number of carboxylic acid groups (broad SMARTS) is 1. The summed E-state index contributed by atoms with van der Waals surface area (Å²) in [6.07, 6.45) is 1.04. The van der Waals surface area contributed by atoms with Crippen LogP contribution in [0.5, 0.6) is 0 Å². The molecule has 0 aliphatic heterocycles. The maximum absolute atomic E-state index is 10.8. The van der Waals surface area contributed by atoms with Crippen molar-refractivity contribution in [2.75, 3.05) is 0 Å². The number of benzene rings is 1. The van der Waals surface area contributed by atoms with E-state index in [1.54, 1.807) is 6.92 Å². The summed E-state index contributed by atoms with van der Waals surface area (Å²) >= 11 is 0. The van der Waals surface area contributed by atoms with E-state index in [0.717, 1.165) is 17.9 Å². The first-order chi connectivity index (χ1) is 8.73. The topological polar surface area (TPSA) is 37.3 Å². The number of carbonyl (C=O) groups is 1. The Balaban J connectivity index is 0.000000711. The van der Waals surface area contributed by atoms with Gasteiger partial charge in [0.25, 0.3) is 0 Å². The lowest BCUT2D eigenvalue weighted by Gasteiger charge is -2.09. The monoisotopic (exact) mass is 264 g/mol. The van der Waals surface area contributed by atoms with Gasteiger partial charge in [0, 0.05) is 0 Å². The molecule has 19 heavy (non-hydrogen) atoms. The van der Waals surface area contributed by atoms with E-state index in [1.165, 1.54) is 5.56 Å². The predicted molar refractivity (Wildman–Crippen MR) is 81.5 cm³/mol. The van der Waals surface area contributed by atoms with E-state index in [4.69, 9.17) is 5.11 Å². The first-order valence-corrected chi connectivity index (χ1v) is 7.05. The summed E-state index contributed by atoms with van der Waals surface area (Å²) < 4.78 is 0. The molecule has 1 aromatic rings. The van der Waals surface area contributed by atoms with Crippen molar-refractivity contribution in [2.24, 2.45) is 11.8 Å². The van der Waals surface area contributed by atoms with Crippen molar-refractivity contribution in [1.82, 2.24) is 0 Å². The zero-order valence-electron chi connectivity index (χ0n) is 13.1. The average Bonchev–Trinajstić information content (AvgIpc) is 2.27. The quantitative estimate of drug-likeness (QED) is 0.853. The minimum atomic E-state index is -0.772. The summed E-state index contributed by atoms with van der Waals surface area (Å²) in [5.41, 5.74) is 2.14. The van der Waals surface area contributed by atoms with E-state index in [-0.39, 0.29) is 0 Å². The van der Waals surface area contributed by atoms with Gasteiger partial charge in [-0.3, -0.25) is 4.79 Å². The van der Waals surface area contributed by atoms with Crippen molar-refractivity contribution in [1.29, 1.82) is 0 Å². The lowest BCUT2D eigenvalue weighted by Crippen LogP contribution is -2.07. The Labute approximate surface area is 117 Å². The summed E-state index contributed by atoms with van der Waals surface area (Å²) in [5.74, 6) is 0.275. The maximum Gasteiger partial charge on any atom is 0.310 e. The van der Waals surface area contributed by atoms with Crippen molar-refractivity contribution in [2.45, 2.75) is 53.9 Å². The third-order valence-electron chi connectivity index (χ3n) is 2.49. The molecule has 0 heterocycles. The van der Waals surface area contributed by atoms with Gasteiger partial charge in [0.05, 0.1) is 5.92 Å². The second kappa shape index (κ2) is 8.73. The number of aliphatic carboxylic acids is 1. The highest BCUT2D eigenvalue weighted by atomic mass is 16.4. The van der Waals surface area contributed by atoms with Crippen LogP contribution in [0.4, 0.5) is 0 Å². The molecule has 0 aliphatic rings. The van der Waals surface area contributed by atoms with E-state index < -0.39 is 11.9 Å². The summed E-state index contributed by atoms with van der Waals surface area (Å²) in [7, 11) is 0. The zero-order valence-corrected chi connectivity index (χ0v) is 13.1. The van der Waals surface area contributed by atoms with Gasteiger partial charge in [-0.1, -0.05) is 58.9 Å². The molecule has 0 amide bonds. The zero-order chi connectivity index (χ0) is 15.0. The van der Waals surface area contributed by atoms with Gasteiger partial charge in [0.2, 0.25) is 0 Å². The highest BCUT2D eigenvalue weighted by Crippen LogP contribution is 2.17. The molecule has 0 bridgehead atoms. The van der Waals surface area contributed by atoms with Crippen molar-refractivity contribution < 1.29 is 9.90 Å². The lowest BCUT2D eigenvalue weighted by molar-refractivity contribution is -0.138. The van der Waals surface area contributed by atoms with Crippen molar-refractivity contribution in [3.63, 3.8) is 0 Å². The highest BCUT2D eigenvalue weighted by molar-refractivity contribution is 5.75. The Morgan fingerprint density at radius 1 is 1.00 bits per heavy atom. The van der Waals surface area contributed by atoms with Gasteiger partial charge < -0.3 is 5.11 Å². The molecule has 1 rings (SSSR count). The van der Waals surface area contributed by atoms with Gasteiger partial charge in [-0.15, -0.1) is 0 Å². The second-order valence-electron chi connectivity index (χ2n) is 6.13. The number of hydrogen-bond donors (Lipinski definition) is 1. The number of rotatable bonds is 4. The van der Waals surface area contributed by atoms with Gasteiger partial charge in [0.1, 0.15) is 0 Å². The molecule has 2 heteroatoms. The fraction of sp³-hybridized carbons (Fsp3) is 0.588. The lowest BCUT2D eigenvalue weighted by atomic mass is 9.97. The molecule has 1 atom stereocenters. The molecule has 1 unspecified atom stereocenters. The molecule has 108 valence electrons. The van der Waals surface area contributed by atoms with Crippen LogP contribution < -0.4 is 0 Å². The normalized spacial score (nSPS) is 12.0. The molecular weight excluding hydrogens is 236 g/mol. The molecule has 1 aromatic carbocycles. The molecule has 1 N–H and O–H groups in total. The fourth-order valence-corrected chi connectivity index (χ4v) is 1.56. The van der Waals surface area contributed by atoms with Crippen molar-refractivity contribution >= 4 is 5.97 Å². The van der Waals surface area contributed by atoms with Crippen LogP contribution in [-0.2, 0) is 11.2 Å². The third kappa shape index (κ3) is 8.41. The standard InChI is InChI=1S/C13H18O2.C4H10/c1-9(2)8-11-4-6-12(7-5-11)10(3)13(14)15;1-4(2)3/h4-7,9-10H,8H2,1-3H3,(H,14,15);4H,1-3H3. The highest BCUT2D eigenvalue weighted by Gasteiger charge is 2.12. The second-order valence-corrected chi connectivity index (χ2v) is 6.13. The van der Waals surface area contributed by atoms with E-state index in [2.05, 4.69) is 34.6 Å². The molecule has 0 fully saturated rings. The molecule has 0 aliphatic carbocycles. The van der Waals surface area contributed by atoms with Crippen LogP contribution in [0.25, 0.3) is 0 Å². The van der Waals surface area contributed by atoms with Gasteiger partial charge in [-0.05, 0) is 36.3 Å². The number of hydrogen-bond acceptors (Lipinski definition) is 1. The van der Waals surface area contributed by atoms with Crippen LogP contribution in [0.1, 0.15) is 58.6 Å². The molecule has 0 saturated heterocycles. The SMILES string of the molecule is CC(C)C.CC(C)Cc1ccc(C(C)C(=O)O)cc1. The summed E-state index contributed by atoms with van der Waals surface area (Å²) in [6, 6.07) is 7.87. The van der Waals surface area contributed by atoms with Crippen LogP contribution in [0, 0.1) is 11.8 Å². The van der Waals surface area contributed by atoms with Crippen LogP contribution >= 0.6 is 0 Å². The summed E-state index contributed by atoms with van der Waals surface area (Å²) in [5, 5.41) is 8.85. The van der Waals surface area contributed by atoms with E-state index >= 15 is 0 Å². The van der Waals surface area contributed by atoms with Gasteiger partial charge in [-0.25, -0.2) is 0 Å².